The molecule has 0 atom stereocenters. The molecule has 0 aromatic rings. The molecule has 13 heavy (non-hydrogen) atoms. The van der Waals surface area contributed by atoms with Gasteiger partial charge in [-0.05, 0) is 19.3 Å². The van der Waals surface area contributed by atoms with Crippen molar-refractivity contribution in [1.29, 1.82) is 0 Å². The van der Waals surface area contributed by atoms with E-state index in [9.17, 15) is 0 Å². The number of hydrogen-bond donors (Lipinski definition) is 1. The Bertz CT molecular complexity index is 160. The van der Waals surface area contributed by atoms with Crippen LogP contribution in [-0.4, -0.2) is 0 Å². The van der Waals surface area contributed by atoms with Crippen molar-refractivity contribution < 1.29 is 1.43 Å². The van der Waals surface area contributed by atoms with Gasteiger partial charge in [0.1, 0.15) is 0 Å². The summed E-state index contributed by atoms with van der Waals surface area (Å²) in [6, 6.07) is 0. The van der Waals surface area contributed by atoms with Gasteiger partial charge in [-0.15, -0.1) is 0 Å². The second kappa shape index (κ2) is 9.37. The average molecular weight is 185 g/mol. The molecule has 0 heterocycles. The van der Waals surface area contributed by atoms with Crippen LogP contribution < -0.4 is 5.32 Å². The SMILES string of the molecule is C=C(N/C(=C\C)CC)C(C)C.CC.[HH]. The molecule has 0 aromatic heterocycles. The summed E-state index contributed by atoms with van der Waals surface area (Å²) in [6.07, 6.45) is 3.13. The molecule has 1 N–H and O–H groups in total. The third kappa shape index (κ3) is 7.63. The molecule has 1 heteroatoms. The predicted octanol–water partition coefficient (Wildman–Crippen LogP) is 4.33. The van der Waals surface area contributed by atoms with Gasteiger partial charge in [-0.2, -0.15) is 0 Å². The summed E-state index contributed by atoms with van der Waals surface area (Å²) >= 11 is 0. The largest absolute Gasteiger partial charge is 0.363 e. The normalized spacial score (nSPS) is 10.5. The molecule has 80 valence electrons. The molecule has 0 spiro atoms. The van der Waals surface area contributed by atoms with E-state index in [0.29, 0.717) is 5.92 Å². The molecule has 0 saturated heterocycles. The van der Waals surface area contributed by atoms with E-state index in [0.717, 1.165) is 12.1 Å². The lowest BCUT2D eigenvalue weighted by Gasteiger charge is -2.14. The van der Waals surface area contributed by atoms with Crippen molar-refractivity contribution in [1.82, 2.24) is 5.32 Å². The summed E-state index contributed by atoms with van der Waals surface area (Å²) in [5, 5.41) is 3.28. The number of rotatable bonds is 4. The Morgan fingerprint density at radius 1 is 1.46 bits per heavy atom. The van der Waals surface area contributed by atoms with Crippen LogP contribution in [0.2, 0.25) is 0 Å². The molecule has 0 aliphatic carbocycles. The van der Waals surface area contributed by atoms with Gasteiger partial charge in [-0.3, -0.25) is 0 Å². The quantitative estimate of drug-likeness (QED) is 0.687. The van der Waals surface area contributed by atoms with Crippen molar-refractivity contribution in [3.8, 4) is 0 Å². The van der Waals surface area contributed by atoms with E-state index in [1.807, 2.05) is 20.8 Å². The predicted molar refractivity (Wildman–Crippen MR) is 64.6 cm³/mol. The standard InChI is InChI=1S/C10H19N.C2H6.H2/c1-6-10(7-2)11-9(5)8(3)4;1-2;/h6,8,11H,5,7H2,1-4H3;1-2H3;1H/b10-6-;;. The van der Waals surface area contributed by atoms with Gasteiger partial charge in [0.25, 0.3) is 0 Å². The van der Waals surface area contributed by atoms with E-state index >= 15 is 0 Å². The van der Waals surface area contributed by atoms with E-state index in [1.54, 1.807) is 0 Å². The summed E-state index contributed by atoms with van der Waals surface area (Å²) in [5.41, 5.74) is 2.35. The molecule has 0 aromatic carbocycles. The molecule has 0 aliphatic rings. The van der Waals surface area contributed by atoms with E-state index in [-0.39, 0.29) is 1.43 Å². The fraction of sp³-hybridized carbons (Fsp3) is 0.667. The maximum atomic E-state index is 3.94. The highest BCUT2D eigenvalue weighted by atomic mass is 14.9. The van der Waals surface area contributed by atoms with Crippen LogP contribution in [0.25, 0.3) is 0 Å². The van der Waals surface area contributed by atoms with Crippen molar-refractivity contribution in [2.45, 2.75) is 48.0 Å². The first-order chi connectivity index (χ1) is 6.11. The summed E-state index contributed by atoms with van der Waals surface area (Å²) in [4.78, 5) is 0. The van der Waals surface area contributed by atoms with Gasteiger partial charge in [0.05, 0.1) is 0 Å². The highest BCUT2D eigenvalue weighted by Crippen LogP contribution is 2.06. The topological polar surface area (TPSA) is 12.0 Å². The van der Waals surface area contributed by atoms with Crippen LogP contribution in [0.15, 0.2) is 24.0 Å². The summed E-state index contributed by atoms with van der Waals surface area (Å²) in [5.74, 6) is 0.511. The molecule has 1 nitrogen and oxygen atoms in total. The summed E-state index contributed by atoms with van der Waals surface area (Å²) in [7, 11) is 0. The second-order valence-electron chi connectivity index (χ2n) is 2.97. The number of nitrogens with one attached hydrogen (secondary N) is 1. The van der Waals surface area contributed by atoms with E-state index in [2.05, 4.69) is 38.7 Å². The number of allylic oxidation sites excluding steroid dienone is 3. The zero-order valence-corrected chi connectivity index (χ0v) is 10.1. The Morgan fingerprint density at radius 3 is 2.15 bits per heavy atom. The zero-order chi connectivity index (χ0) is 10.9. The van der Waals surface area contributed by atoms with E-state index < -0.39 is 0 Å². The van der Waals surface area contributed by atoms with Crippen molar-refractivity contribution >= 4 is 0 Å². The average Bonchev–Trinajstić information content (AvgIpc) is 2.16. The van der Waals surface area contributed by atoms with E-state index in [4.69, 9.17) is 0 Å². The van der Waals surface area contributed by atoms with Crippen LogP contribution in [0.5, 0.6) is 0 Å². The molecule has 0 saturated carbocycles. The van der Waals surface area contributed by atoms with Gasteiger partial charge in [-0.1, -0.05) is 47.3 Å². The minimum Gasteiger partial charge on any atom is -0.363 e. The van der Waals surface area contributed by atoms with Crippen molar-refractivity contribution in [3.05, 3.63) is 24.0 Å². The first kappa shape index (κ1) is 14.8. The molecule has 0 unspecified atom stereocenters. The Kier molecular flexibility index (Phi) is 10.7. The molecule has 0 bridgehead atoms. The lowest BCUT2D eigenvalue weighted by Crippen LogP contribution is -2.15. The molecule has 0 aliphatic heterocycles. The van der Waals surface area contributed by atoms with Gasteiger partial charge in [-0.25, -0.2) is 0 Å². The van der Waals surface area contributed by atoms with Crippen molar-refractivity contribution in [3.63, 3.8) is 0 Å². The lowest BCUT2D eigenvalue weighted by atomic mass is 10.1. The molecule has 0 fully saturated rings. The maximum Gasteiger partial charge on any atom is 0.0102 e. The Labute approximate surface area is 85.4 Å². The van der Waals surface area contributed by atoms with E-state index in [1.165, 1.54) is 5.70 Å². The van der Waals surface area contributed by atoms with Crippen LogP contribution in [0.1, 0.15) is 49.4 Å². The van der Waals surface area contributed by atoms with Crippen molar-refractivity contribution in [2.24, 2.45) is 5.92 Å². The molecular weight excluding hydrogens is 158 g/mol. The number of hydrogen-bond acceptors (Lipinski definition) is 1. The van der Waals surface area contributed by atoms with Crippen LogP contribution in [-0.2, 0) is 0 Å². The Hall–Kier alpha value is -0.720. The zero-order valence-electron chi connectivity index (χ0n) is 10.1. The summed E-state index contributed by atoms with van der Waals surface area (Å²) in [6.45, 7) is 16.4. The highest BCUT2D eigenvalue weighted by molar-refractivity contribution is 5.08. The third-order valence-electron chi connectivity index (χ3n) is 1.75. The maximum absolute atomic E-state index is 3.94. The van der Waals surface area contributed by atoms with Crippen LogP contribution >= 0.6 is 0 Å². The minimum absolute atomic E-state index is 0. The fourth-order valence-corrected chi connectivity index (χ4v) is 0.715. The molecule has 0 rings (SSSR count). The van der Waals surface area contributed by atoms with Gasteiger partial charge in [0, 0.05) is 12.8 Å². The summed E-state index contributed by atoms with van der Waals surface area (Å²) < 4.78 is 0. The molecule has 0 amide bonds. The smallest absolute Gasteiger partial charge is 0.0102 e. The minimum atomic E-state index is 0. The first-order valence-corrected chi connectivity index (χ1v) is 5.22. The molecule has 0 radical (unpaired) electrons. The van der Waals surface area contributed by atoms with Crippen LogP contribution in [0, 0.1) is 5.92 Å². The van der Waals surface area contributed by atoms with Gasteiger partial charge in [0.2, 0.25) is 0 Å². The van der Waals surface area contributed by atoms with Gasteiger partial charge >= 0.3 is 0 Å². The first-order valence-electron chi connectivity index (χ1n) is 5.22. The monoisotopic (exact) mass is 185 g/mol. The Morgan fingerprint density at radius 2 is 1.92 bits per heavy atom. The fourth-order valence-electron chi connectivity index (χ4n) is 0.715. The van der Waals surface area contributed by atoms with Gasteiger partial charge in [0.15, 0.2) is 0 Å². The third-order valence-corrected chi connectivity index (χ3v) is 1.75. The Balaban J connectivity index is -0.000000376. The molecular formula is C12H27N. The van der Waals surface area contributed by atoms with Crippen LogP contribution in [0.4, 0.5) is 0 Å². The lowest BCUT2D eigenvalue weighted by molar-refractivity contribution is 0.692. The van der Waals surface area contributed by atoms with Crippen molar-refractivity contribution in [2.75, 3.05) is 0 Å². The second-order valence-corrected chi connectivity index (χ2v) is 2.97. The van der Waals surface area contributed by atoms with Crippen LogP contribution in [0.3, 0.4) is 0 Å². The van der Waals surface area contributed by atoms with Gasteiger partial charge < -0.3 is 5.32 Å². The highest BCUT2D eigenvalue weighted by Gasteiger charge is 1.99.